The van der Waals surface area contributed by atoms with Gasteiger partial charge in [-0.2, -0.15) is 0 Å². The third kappa shape index (κ3) is 3.93. The molecular weight excluding hydrogens is 224 g/mol. The topological polar surface area (TPSA) is 32.3 Å². The highest BCUT2D eigenvalue weighted by atomic mass is 35.5. The van der Waals surface area contributed by atoms with Crippen molar-refractivity contribution in [1.82, 2.24) is 10.2 Å². The summed E-state index contributed by atoms with van der Waals surface area (Å²) in [6.07, 6.45) is 0. The number of Topliss-reactive ketones (excluding diaryl/α,β-unsaturated/α-hetero) is 1. The fraction of sp³-hybridized carbons (Fsp3) is 0.417. The van der Waals surface area contributed by atoms with E-state index < -0.39 is 0 Å². The van der Waals surface area contributed by atoms with Gasteiger partial charge in [-0.1, -0.05) is 23.7 Å². The van der Waals surface area contributed by atoms with Crippen LogP contribution in [-0.2, 0) is 0 Å². The van der Waals surface area contributed by atoms with Crippen LogP contribution in [-0.4, -0.2) is 44.4 Å². The van der Waals surface area contributed by atoms with E-state index in [1.807, 2.05) is 31.1 Å². The minimum absolute atomic E-state index is 0.0594. The summed E-state index contributed by atoms with van der Waals surface area (Å²) in [5.74, 6) is 0.0594. The first-order valence-corrected chi connectivity index (χ1v) is 5.64. The molecule has 0 bridgehead atoms. The predicted molar refractivity (Wildman–Crippen MR) is 67.2 cm³/mol. The number of nitrogens with one attached hydrogen (secondary N) is 1. The molecule has 3 nitrogen and oxygen atoms in total. The average molecular weight is 241 g/mol. The van der Waals surface area contributed by atoms with Gasteiger partial charge < -0.3 is 5.32 Å². The number of benzene rings is 1. The quantitative estimate of drug-likeness (QED) is 0.768. The maximum atomic E-state index is 11.9. The van der Waals surface area contributed by atoms with Crippen LogP contribution in [0.5, 0.6) is 0 Å². The maximum absolute atomic E-state index is 11.9. The number of carbonyl (C=O) groups excluding carboxylic acids is 1. The zero-order chi connectivity index (χ0) is 12.0. The van der Waals surface area contributed by atoms with E-state index in [9.17, 15) is 4.79 Å². The fourth-order valence-corrected chi connectivity index (χ4v) is 1.64. The standard InChI is InChI=1S/C12H17ClN2O/c1-14-7-8-15(2)9-12(16)10-5-3-4-6-11(10)13/h3-6,14H,7-9H2,1-2H3. The number of hydrogen-bond acceptors (Lipinski definition) is 3. The number of rotatable bonds is 6. The molecule has 4 heteroatoms. The number of halogens is 1. The van der Waals surface area contributed by atoms with Gasteiger partial charge in [0, 0.05) is 18.7 Å². The van der Waals surface area contributed by atoms with Gasteiger partial charge in [0.2, 0.25) is 0 Å². The number of likely N-dealkylation sites (N-methyl/N-ethyl adjacent to an activating group) is 2. The lowest BCUT2D eigenvalue weighted by atomic mass is 10.1. The third-order valence-corrected chi connectivity index (χ3v) is 2.66. The van der Waals surface area contributed by atoms with Gasteiger partial charge in [0.25, 0.3) is 0 Å². The van der Waals surface area contributed by atoms with Crippen LogP contribution in [0.2, 0.25) is 5.02 Å². The van der Waals surface area contributed by atoms with E-state index in [2.05, 4.69) is 5.32 Å². The first kappa shape index (κ1) is 13.2. The van der Waals surface area contributed by atoms with E-state index >= 15 is 0 Å². The average Bonchev–Trinajstić information content (AvgIpc) is 2.26. The molecule has 16 heavy (non-hydrogen) atoms. The van der Waals surface area contributed by atoms with Gasteiger partial charge >= 0.3 is 0 Å². The molecule has 0 aliphatic rings. The summed E-state index contributed by atoms with van der Waals surface area (Å²) < 4.78 is 0. The summed E-state index contributed by atoms with van der Waals surface area (Å²) >= 11 is 5.96. The number of ketones is 1. The minimum atomic E-state index is 0.0594. The molecule has 0 aromatic heterocycles. The Morgan fingerprint density at radius 3 is 2.75 bits per heavy atom. The lowest BCUT2D eigenvalue weighted by Gasteiger charge is -2.15. The Morgan fingerprint density at radius 1 is 1.44 bits per heavy atom. The van der Waals surface area contributed by atoms with Gasteiger partial charge in [0.1, 0.15) is 0 Å². The van der Waals surface area contributed by atoms with E-state index in [1.165, 1.54) is 0 Å². The molecule has 0 heterocycles. The molecule has 0 atom stereocenters. The summed E-state index contributed by atoms with van der Waals surface area (Å²) in [5.41, 5.74) is 0.598. The van der Waals surface area contributed by atoms with E-state index in [4.69, 9.17) is 11.6 Å². The monoisotopic (exact) mass is 240 g/mol. The second-order valence-corrected chi connectivity index (χ2v) is 4.15. The molecule has 0 fully saturated rings. The molecule has 1 aromatic rings. The first-order chi connectivity index (χ1) is 7.65. The molecule has 0 radical (unpaired) electrons. The van der Waals surface area contributed by atoms with E-state index in [0.717, 1.165) is 13.1 Å². The Kier molecular flexibility index (Phi) is 5.46. The van der Waals surface area contributed by atoms with Crippen molar-refractivity contribution in [2.45, 2.75) is 0 Å². The Hall–Kier alpha value is -0.900. The van der Waals surface area contributed by atoms with E-state index in [1.54, 1.807) is 12.1 Å². The van der Waals surface area contributed by atoms with E-state index in [-0.39, 0.29) is 5.78 Å². The maximum Gasteiger partial charge on any atom is 0.178 e. The van der Waals surface area contributed by atoms with Crippen molar-refractivity contribution in [2.75, 3.05) is 33.7 Å². The molecule has 1 rings (SSSR count). The van der Waals surface area contributed by atoms with Crippen LogP contribution in [0.15, 0.2) is 24.3 Å². The normalized spacial score (nSPS) is 10.8. The molecule has 1 aromatic carbocycles. The molecule has 0 spiro atoms. The fourth-order valence-electron chi connectivity index (χ4n) is 1.40. The van der Waals surface area contributed by atoms with Crippen molar-refractivity contribution < 1.29 is 4.79 Å². The summed E-state index contributed by atoms with van der Waals surface area (Å²) in [7, 11) is 3.82. The molecule has 0 aliphatic carbocycles. The van der Waals surface area contributed by atoms with Crippen LogP contribution in [0.1, 0.15) is 10.4 Å². The molecule has 1 N–H and O–H groups in total. The van der Waals surface area contributed by atoms with Crippen LogP contribution in [0.3, 0.4) is 0 Å². The van der Waals surface area contributed by atoms with Crippen LogP contribution >= 0.6 is 11.6 Å². The Labute approximate surface area is 101 Å². The minimum Gasteiger partial charge on any atom is -0.318 e. The van der Waals surface area contributed by atoms with Crippen molar-refractivity contribution in [1.29, 1.82) is 0 Å². The van der Waals surface area contributed by atoms with Crippen LogP contribution < -0.4 is 5.32 Å². The molecule has 0 amide bonds. The summed E-state index contributed by atoms with van der Waals surface area (Å²) in [5, 5.41) is 3.57. The Balaban J connectivity index is 2.56. The zero-order valence-electron chi connectivity index (χ0n) is 9.66. The van der Waals surface area contributed by atoms with Crippen molar-refractivity contribution in [3.63, 3.8) is 0 Å². The van der Waals surface area contributed by atoms with Gasteiger partial charge in [-0.15, -0.1) is 0 Å². The number of hydrogen-bond donors (Lipinski definition) is 1. The van der Waals surface area contributed by atoms with Crippen molar-refractivity contribution in [2.24, 2.45) is 0 Å². The van der Waals surface area contributed by atoms with Gasteiger partial charge in [-0.25, -0.2) is 0 Å². The Bertz CT molecular complexity index is 355. The summed E-state index contributed by atoms with van der Waals surface area (Å²) in [6, 6.07) is 7.15. The zero-order valence-corrected chi connectivity index (χ0v) is 10.4. The summed E-state index contributed by atoms with van der Waals surface area (Å²) in [4.78, 5) is 13.9. The summed E-state index contributed by atoms with van der Waals surface area (Å²) in [6.45, 7) is 2.10. The van der Waals surface area contributed by atoms with Crippen molar-refractivity contribution in [3.05, 3.63) is 34.9 Å². The van der Waals surface area contributed by atoms with Crippen LogP contribution in [0.4, 0.5) is 0 Å². The largest absolute Gasteiger partial charge is 0.318 e. The lowest BCUT2D eigenvalue weighted by Crippen LogP contribution is -2.31. The smallest absolute Gasteiger partial charge is 0.178 e. The lowest BCUT2D eigenvalue weighted by molar-refractivity contribution is 0.0947. The molecule has 88 valence electrons. The molecular formula is C12H17ClN2O. The van der Waals surface area contributed by atoms with Gasteiger partial charge in [0.15, 0.2) is 5.78 Å². The van der Waals surface area contributed by atoms with Gasteiger partial charge in [0.05, 0.1) is 11.6 Å². The number of nitrogens with zero attached hydrogens (tertiary/aromatic N) is 1. The highest BCUT2D eigenvalue weighted by Gasteiger charge is 2.11. The van der Waals surface area contributed by atoms with Crippen LogP contribution in [0, 0.1) is 0 Å². The highest BCUT2D eigenvalue weighted by Crippen LogP contribution is 2.15. The first-order valence-electron chi connectivity index (χ1n) is 5.26. The van der Waals surface area contributed by atoms with Crippen molar-refractivity contribution >= 4 is 17.4 Å². The highest BCUT2D eigenvalue weighted by molar-refractivity contribution is 6.34. The second-order valence-electron chi connectivity index (χ2n) is 3.74. The molecule has 0 aliphatic heterocycles. The predicted octanol–water partition coefficient (Wildman–Crippen LogP) is 1.67. The van der Waals surface area contributed by atoms with E-state index in [0.29, 0.717) is 17.1 Å². The van der Waals surface area contributed by atoms with Crippen LogP contribution in [0.25, 0.3) is 0 Å². The molecule has 0 unspecified atom stereocenters. The molecule has 0 saturated heterocycles. The van der Waals surface area contributed by atoms with Gasteiger partial charge in [-0.3, -0.25) is 9.69 Å². The van der Waals surface area contributed by atoms with Gasteiger partial charge in [-0.05, 0) is 26.2 Å². The third-order valence-electron chi connectivity index (χ3n) is 2.33. The Morgan fingerprint density at radius 2 is 2.12 bits per heavy atom. The number of carbonyl (C=O) groups is 1. The molecule has 0 saturated carbocycles. The second kappa shape index (κ2) is 6.63. The van der Waals surface area contributed by atoms with Crippen molar-refractivity contribution in [3.8, 4) is 0 Å². The SMILES string of the molecule is CNCCN(C)CC(=O)c1ccccc1Cl.